The minimum atomic E-state index is -4.63. The van der Waals surface area contributed by atoms with Crippen molar-refractivity contribution in [2.75, 3.05) is 11.5 Å². The van der Waals surface area contributed by atoms with Gasteiger partial charge in [-0.25, -0.2) is 4.68 Å². The molecule has 0 aliphatic rings. The Labute approximate surface area is 147 Å². The Hall–Kier alpha value is -1.76. The van der Waals surface area contributed by atoms with Crippen molar-refractivity contribution in [3.8, 4) is 11.8 Å². The third kappa shape index (κ3) is 3.22. The predicted octanol–water partition coefficient (Wildman–Crippen LogP) is 3.78. The van der Waals surface area contributed by atoms with E-state index < -0.39 is 22.5 Å². The fourth-order valence-electron chi connectivity index (χ4n) is 1.96. The lowest BCUT2D eigenvalue weighted by Gasteiger charge is -2.13. The maximum Gasteiger partial charge on any atom is 0.416 e. The Morgan fingerprint density at radius 2 is 1.92 bits per heavy atom. The van der Waals surface area contributed by atoms with Crippen LogP contribution in [-0.4, -0.2) is 19.7 Å². The van der Waals surface area contributed by atoms with Crippen LogP contribution in [0.3, 0.4) is 0 Å². The highest BCUT2D eigenvalue weighted by atomic mass is 35.5. The molecule has 128 valence electrons. The van der Waals surface area contributed by atoms with Crippen molar-refractivity contribution in [2.45, 2.75) is 18.0 Å². The van der Waals surface area contributed by atoms with E-state index in [1.165, 1.54) is 0 Å². The Balaban J connectivity index is 2.73. The summed E-state index contributed by atoms with van der Waals surface area (Å²) >= 11 is 11.8. The van der Waals surface area contributed by atoms with Crippen molar-refractivity contribution in [3.05, 3.63) is 33.4 Å². The molecule has 0 bridgehead atoms. The molecule has 0 unspecified atom stereocenters. The van der Waals surface area contributed by atoms with Crippen LogP contribution >= 0.6 is 23.2 Å². The second-order valence-corrected chi connectivity index (χ2v) is 7.00. The summed E-state index contributed by atoms with van der Waals surface area (Å²) in [6.07, 6.45) is -4.63. The molecule has 1 aromatic heterocycles. The van der Waals surface area contributed by atoms with Crippen LogP contribution in [0.2, 0.25) is 10.0 Å². The van der Waals surface area contributed by atoms with Crippen LogP contribution in [0.25, 0.3) is 5.69 Å². The Morgan fingerprint density at radius 3 is 2.33 bits per heavy atom. The van der Waals surface area contributed by atoms with Crippen LogP contribution in [0, 0.1) is 11.3 Å². The van der Waals surface area contributed by atoms with Crippen molar-refractivity contribution >= 4 is 39.8 Å². The number of rotatable bonds is 3. The summed E-state index contributed by atoms with van der Waals surface area (Å²) in [4.78, 5) is -0.00738. The molecule has 2 N–H and O–H groups in total. The smallest absolute Gasteiger partial charge is 0.383 e. The molecule has 1 aromatic carbocycles. The maximum absolute atomic E-state index is 12.8. The normalized spacial score (nSPS) is 12.9. The van der Waals surface area contributed by atoms with Crippen molar-refractivity contribution in [2.24, 2.45) is 0 Å². The van der Waals surface area contributed by atoms with Gasteiger partial charge in [0.1, 0.15) is 22.5 Å². The van der Waals surface area contributed by atoms with Gasteiger partial charge in [0.15, 0.2) is 5.69 Å². The predicted molar refractivity (Wildman–Crippen MR) is 84.7 cm³/mol. The average Bonchev–Trinajstić information content (AvgIpc) is 2.81. The van der Waals surface area contributed by atoms with Crippen LogP contribution < -0.4 is 5.73 Å². The van der Waals surface area contributed by atoms with Crippen LogP contribution in [0.15, 0.2) is 17.0 Å². The molecule has 1 atom stereocenters. The molecule has 0 amide bonds. The topological polar surface area (TPSA) is 84.7 Å². The molecule has 0 aliphatic carbocycles. The molecular formula is C13H9Cl2F3N4OS. The SMILES string of the molecule is CC[S@](=O)c1c(C#N)nn(-c2c(Cl)cc(C(F)(F)F)cc2Cl)c1N. The third-order valence-corrected chi connectivity index (χ3v) is 4.99. The number of benzene rings is 1. The highest BCUT2D eigenvalue weighted by Crippen LogP contribution is 2.39. The van der Waals surface area contributed by atoms with E-state index in [4.69, 9.17) is 34.2 Å². The van der Waals surface area contributed by atoms with Crippen LogP contribution in [0.4, 0.5) is 19.0 Å². The first-order valence-electron chi connectivity index (χ1n) is 6.35. The largest absolute Gasteiger partial charge is 0.416 e. The van der Waals surface area contributed by atoms with Crippen molar-refractivity contribution in [1.29, 1.82) is 5.26 Å². The molecule has 0 spiro atoms. The highest BCUT2D eigenvalue weighted by molar-refractivity contribution is 7.85. The summed E-state index contributed by atoms with van der Waals surface area (Å²) in [6, 6.07) is 3.09. The molecular weight excluding hydrogens is 388 g/mol. The molecule has 11 heteroatoms. The molecule has 5 nitrogen and oxygen atoms in total. The molecule has 0 fully saturated rings. The number of alkyl halides is 3. The van der Waals surface area contributed by atoms with E-state index >= 15 is 0 Å². The molecule has 2 rings (SSSR count). The number of nitrogens with two attached hydrogens (primary N) is 1. The van der Waals surface area contributed by atoms with Gasteiger partial charge in [-0.2, -0.15) is 23.5 Å². The zero-order valence-electron chi connectivity index (χ0n) is 12.0. The quantitative estimate of drug-likeness (QED) is 0.855. The first-order chi connectivity index (χ1) is 11.1. The molecule has 0 aliphatic heterocycles. The van der Waals surface area contributed by atoms with Crippen molar-refractivity contribution in [3.63, 3.8) is 0 Å². The van der Waals surface area contributed by atoms with Crippen LogP contribution in [0.1, 0.15) is 18.2 Å². The Kier molecular flexibility index (Phi) is 5.13. The summed E-state index contributed by atoms with van der Waals surface area (Å²) in [7, 11) is -1.60. The second kappa shape index (κ2) is 6.63. The molecule has 0 saturated carbocycles. The second-order valence-electron chi connectivity index (χ2n) is 4.51. The number of aromatic nitrogens is 2. The molecule has 24 heavy (non-hydrogen) atoms. The summed E-state index contributed by atoms with van der Waals surface area (Å²) in [5.41, 5.74) is 4.50. The molecule has 2 aromatic rings. The number of hydrogen-bond donors (Lipinski definition) is 1. The van der Waals surface area contributed by atoms with Gasteiger partial charge in [0, 0.05) is 5.75 Å². The number of nitriles is 1. The standard InChI is InChI=1S/C13H9Cl2F3N4OS/c1-2-24(23)11-9(5-19)21-22(12(11)20)10-7(14)3-6(4-8(10)15)13(16,17)18/h3-4H,2,20H2,1H3/t24-/m0/s1. The van der Waals surface area contributed by atoms with Crippen molar-refractivity contribution < 1.29 is 17.4 Å². The molecule has 1 heterocycles. The number of hydrogen-bond acceptors (Lipinski definition) is 4. The minimum absolute atomic E-state index is 0.00738. The van der Waals surface area contributed by atoms with E-state index in [0.29, 0.717) is 12.1 Å². The average molecular weight is 397 g/mol. The summed E-state index contributed by atoms with van der Waals surface area (Å²) in [5.74, 6) is 0.00859. The van der Waals surface area contributed by atoms with Gasteiger partial charge in [-0.1, -0.05) is 30.1 Å². The summed E-state index contributed by atoms with van der Waals surface area (Å²) in [6.45, 7) is 1.62. The third-order valence-electron chi connectivity index (χ3n) is 3.03. The van der Waals surface area contributed by atoms with Gasteiger partial charge in [0.2, 0.25) is 0 Å². The van der Waals surface area contributed by atoms with Crippen LogP contribution in [-0.2, 0) is 17.0 Å². The van der Waals surface area contributed by atoms with E-state index in [0.717, 1.165) is 4.68 Å². The van der Waals surface area contributed by atoms with Gasteiger partial charge in [-0.15, -0.1) is 0 Å². The zero-order valence-corrected chi connectivity index (χ0v) is 14.3. The van der Waals surface area contributed by atoms with Crippen molar-refractivity contribution in [1.82, 2.24) is 9.78 Å². The minimum Gasteiger partial charge on any atom is -0.383 e. The maximum atomic E-state index is 12.8. The lowest BCUT2D eigenvalue weighted by molar-refractivity contribution is -0.137. The van der Waals surface area contributed by atoms with Gasteiger partial charge in [0.05, 0.1) is 26.4 Å². The number of anilines is 1. The first-order valence-corrected chi connectivity index (χ1v) is 8.42. The zero-order chi connectivity index (χ0) is 18.2. The van der Waals surface area contributed by atoms with E-state index in [2.05, 4.69) is 5.10 Å². The van der Waals surface area contributed by atoms with Gasteiger partial charge in [-0.3, -0.25) is 4.21 Å². The molecule has 0 saturated heterocycles. The summed E-state index contributed by atoms with van der Waals surface area (Å²) < 4.78 is 51.3. The highest BCUT2D eigenvalue weighted by Gasteiger charge is 2.33. The summed E-state index contributed by atoms with van der Waals surface area (Å²) in [5, 5.41) is 12.3. The van der Waals surface area contributed by atoms with E-state index in [1.807, 2.05) is 0 Å². The number of halogens is 5. The van der Waals surface area contributed by atoms with Crippen LogP contribution in [0.5, 0.6) is 0 Å². The Bertz CT molecular complexity index is 850. The van der Waals surface area contributed by atoms with Gasteiger partial charge < -0.3 is 5.73 Å². The van der Waals surface area contributed by atoms with E-state index in [-0.39, 0.29) is 37.9 Å². The molecule has 0 radical (unpaired) electrons. The number of nitrogens with zero attached hydrogens (tertiary/aromatic N) is 3. The lowest BCUT2D eigenvalue weighted by atomic mass is 10.2. The van der Waals surface area contributed by atoms with Gasteiger partial charge >= 0.3 is 6.18 Å². The number of nitrogen functional groups attached to an aromatic ring is 1. The van der Waals surface area contributed by atoms with Gasteiger partial charge in [0.25, 0.3) is 0 Å². The Morgan fingerprint density at radius 1 is 1.38 bits per heavy atom. The monoisotopic (exact) mass is 396 g/mol. The van der Waals surface area contributed by atoms with E-state index in [1.54, 1.807) is 13.0 Å². The van der Waals surface area contributed by atoms with E-state index in [9.17, 15) is 17.4 Å². The lowest BCUT2D eigenvalue weighted by Crippen LogP contribution is -2.09. The first kappa shape index (κ1) is 18.6. The fraction of sp³-hybridized carbons (Fsp3) is 0.231. The fourth-order valence-corrected chi connectivity index (χ4v) is 3.52. The van der Waals surface area contributed by atoms with Gasteiger partial charge in [-0.05, 0) is 12.1 Å².